The van der Waals surface area contributed by atoms with Crippen molar-refractivity contribution in [3.05, 3.63) is 56.5 Å². The van der Waals surface area contributed by atoms with Crippen LogP contribution in [0.1, 0.15) is 24.5 Å². The highest BCUT2D eigenvalue weighted by Gasteiger charge is 2.09. The van der Waals surface area contributed by atoms with Gasteiger partial charge in [0.1, 0.15) is 0 Å². The molecule has 0 heterocycles. The molecule has 0 bridgehead atoms. The van der Waals surface area contributed by atoms with E-state index in [1.807, 2.05) is 32.0 Å². The third kappa shape index (κ3) is 4.16. The van der Waals surface area contributed by atoms with Crippen LogP contribution in [0.5, 0.6) is 5.75 Å². The van der Waals surface area contributed by atoms with Crippen LogP contribution in [0, 0.1) is 6.92 Å². The molecule has 2 rings (SSSR count). The fourth-order valence-electron chi connectivity index (χ4n) is 1.88. The average molecular weight is 357 g/mol. The molecule has 0 aromatic heterocycles. The summed E-state index contributed by atoms with van der Waals surface area (Å²) in [4.78, 5) is 4.44. The van der Waals surface area contributed by atoms with Crippen LogP contribution in [0.2, 0.25) is 15.1 Å². The van der Waals surface area contributed by atoms with Crippen molar-refractivity contribution < 1.29 is 4.74 Å². The van der Waals surface area contributed by atoms with Crippen molar-refractivity contribution in [1.82, 2.24) is 0 Å². The zero-order valence-electron chi connectivity index (χ0n) is 12.4. The number of hydrogen-bond donors (Lipinski definition) is 0. The Morgan fingerprint density at radius 2 is 1.77 bits per heavy atom. The number of rotatable bonds is 5. The average Bonchev–Trinajstić information content (AvgIpc) is 2.48. The quantitative estimate of drug-likeness (QED) is 0.561. The van der Waals surface area contributed by atoms with Crippen LogP contribution in [-0.4, -0.2) is 12.8 Å². The Bertz CT molecular complexity index is 675. The second kappa shape index (κ2) is 7.87. The molecule has 0 N–H and O–H groups in total. The maximum atomic E-state index is 6.22. The lowest BCUT2D eigenvalue weighted by Crippen LogP contribution is -1.97. The zero-order valence-corrected chi connectivity index (χ0v) is 14.6. The molecule has 2 aromatic carbocycles. The number of ether oxygens (including phenoxy) is 1. The molecule has 5 heteroatoms. The van der Waals surface area contributed by atoms with Gasteiger partial charge in [0.25, 0.3) is 0 Å². The van der Waals surface area contributed by atoms with Gasteiger partial charge in [-0.2, -0.15) is 0 Å². The van der Waals surface area contributed by atoms with Gasteiger partial charge in [-0.25, -0.2) is 0 Å². The van der Waals surface area contributed by atoms with Gasteiger partial charge in [-0.05, 0) is 48.7 Å². The maximum absolute atomic E-state index is 6.22. The molecule has 22 heavy (non-hydrogen) atoms. The standard InChI is InChI=1S/C17H16Cl3NO/c1-3-7-22-17-14(19)8-12(9-15(17)20)10-21-16-6-4-5-13(18)11(16)2/h4-6,8-10H,3,7H2,1-2H3. The van der Waals surface area contributed by atoms with E-state index in [9.17, 15) is 0 Å². The van der Waals surface area contributed by atoms with Crippen molar-refractivity contribution in [2.24, 2.45) is 4.99 Å². The lowest BCUT2D eigenvalue weighted by atomic mass is 10.2. The maximum Gasteiger partial charge on any atom is 0.156 e. The van der Waals surface area contributed by atoms with Crippen molar-refractivity contribution in [3.8, 4) is 5.75 Å². The predicted octanol–water partition coefficient (Wildman–Crippen LogP) is 6.49. The van der Waals surface area contributed by atoms with E-state index in [1.54, 1.807) is 18.3 Å². The minimum atomic E-state index is 0.477. The van der Waals surface area contributed by atoms with Crippen molar-refractivity contribution >= 4 is 46.7 Å². The van der Waals surface area contributed by atoms with E-state index in [1.165, 1.54) is 0 Å². The van der Waals surface area contributed by atoms with Crippen LogP contribution < -0.4 is 4.74 Å². The third-order valence-corrected chi connectivity index (χ3v) is 4.03. The van der Waals surface area contributed by atoms with Crippen LogP contribution in [0.3, 0.4) is 0 Å². The van der Waals surface area contributed by atoms with Crippen LogP contribution in [0.15, 0.2) is 35.3 Å². The Hall–Kier alpha value is -1.22. The van der Waals surface area contributed by atoms with Gasteiger partial charge >= 0.3 is 0 Å². The fraction of sp³-hybridized carbons (Fsp3) is 0.235. The molecule has 0 unspecified atom stereocenters. The van der Waals surface area contributed by atoms with Crippen LogP contribution in [-0.2, 0) is 0 Å². The first-order valence-electron chi connectivity index (χ1n) is 6.94. The highest BCUT2D eigenvalue weighted by molar-refractivity contribution is 6.37. The molecule has 0 saturated heterocycles. The topological polar surface area (TPSA) is 21.6 Å². The van der Waals surface area contributed by atoms with E-state index in [-0.39, 0.29) is 0 Å². The number of aliphatic imine (C=N–C) groups is 1. The fourth-order valence-corrected chi connectivity index (χ4v) is 2.66. The molecule has 0 spiro atoms. The van der Waals surface area contributed by atoms with E-state index >= 15 is 0 Å². The van der Waals surface area contributed by atoms with E-state index in [2.05, 4.69) is 4.99 Å². The SMILES string of the molecule is CCCOc1c(Cl)cc(C=Nc2cccc(Cl)c2C)cc1Cl. The second-order valence-electron chi connectivity index (χ2n) is 4.80. The molecule has 0 aliphatic heterocycles. The third-order valence-electron chi connectivity index (χ3n) is 3.06. The van der Waals surface area contributed by atoms with Gasteiger partial charge in [-0.15, -0.1) is 0 Å². The molecular formula is C17H16Cl3NO. The Balaban J connectivity index is 2.27. The first-order valence-corrected chi connectivity index (χ1v) is 8.07. The summed E-state index contributed by atoms with van der Waals surface area (Å²) < 4.78 is 5.54. The van der Waals surface area contributed by atoms with Crippen molar-refractivity contribution in [1.29, 1.82) is 0 Å². The van der Waals surface area contributed by atoms with Gasteiger partial charge in [-0.3, -0.25) is 4.99 Å². The number of benzene rings is 2. The summed E-state index contributed by atoms with van der Waals surface area (Å²) in [5.74, 6) is 0.515. The predicted molar refractivity (Wildman–Crippen MR) is 95.7 cm³/mol. The normalized spacial score (nSPS) is 11.1. The van der Waals surface area contributed by atoms with Crippen molar-refractivity contribution in [3.63, 3.8) is 0 Å². The summed E-state index contributed by atoms with van der Waals surface area (Å²) >= 11 is 18.5. The van der Waals surface area contributed by atoms with Gasteiger partial charge in [0, 0.05) is 11.2 Å². The van der Waals surface area contributed by atoms with E-state index in [0.29, 0.717) is 27.4 Å². The minimum Gasteiger partial charge on any atom is -0.490 e. The summed E-state index contributed by atoms with van der Waals surface area (Å²) in [5, 5.41) is 1.64. The van der Waals surface area contributed by atoms with Crippen molar-refractivity contribution in [2.45, 2.75) is 20.3 Å². The smallest absolute Gasteiger partial charge is 0.156 e. The zero-order chi connectivity index (χ0) is 16.1. The minimum absolute atomic E-state index is 0.477. The molecule has 0 amide bonds. The largest absolute Gasteiger partial charge is 0.490 e. The lowest BCUT2D eigenvalue weighted by Gasteiger charge is -2.09. The molecule has 0 radical (unpaired) electrons. The highest BCUT2D eigenvalue weighted by atomic mass is 35.5. The van der Waals surface area contributed by atoms with Crippen LogP contribution in [0.25, 0.3) is 0 Å². The van der Waals surface area contributed by atoms with E-state index < -0.39 is 0 Å². The number of nitrogens with zero attached hydrogens (tertiary/aromatic N) is 1. The summed E-state index contributed by atoms with van der Waals surface area (Å²) in [6.45, 7) is 4.53. The molecular weight excluding hydrogens is 341 g/mol. The van der Waals surface area contributed by atoms with Gasteiger partial charge in [0.2, 0.25) is 0 Å². The Kier molecular flexibility index (Phi) is 6.13. The molecule has 0 atom stereocenters. The second-order valence-corrected chi connectivity index (χ2v) is 6.03. The lowest BCUT2D eigenvalue weighted by molar-refractivity contribution is 0.318. The monoisotopic (exact) mass is 355 g/mol. The summed E-state index contributed by atoms with van der Waals surface area (Å²) in [5.41, 5.74) is 2.55. The van der Waals surface area contributed by atoms with Gasteiger partial charge in [0.15, 0.2) is 5.75 Å². The molecule has 0 aliphatic carbocycles. The molecule has 0 fully saturated rings. The molecule has 116 valence electrons. The van der Waals surface area contributed by atoms with Crippen LogP contribution >= 0.6 is 34.8 Å². The van der Waals surface area contributed by atoms with Crippen molar-refractivity contribution in [2.75, 3.05) is 6.61 Å². The van der Waals surface area contributed by atoms with E-state index in [0.717, 1.165) is 23.2 Å². The van der Waals surface area contributed by atoms with E-state index in [4.69, 9.17) is 39.5 Å². The Labute approximate surface area is 145 Å². The number of hydrogen-bond acceptors (Lipinski definition) is 2. The number of halogens is 3. The van der Waals surface area contributed by atoms with Gasteiger partial charge in [0.05, 0.1) is 22.3 Å². The first-order chi connectivity index (χ1) is 10.5. The summed E-state index contributed by atoms with van der Waals surface area (Å²) in [7, 11) is 0. The van der Waals surface area contributed by atoms with Crippen LogP contribution in [0.4, 0.5) is 5.69 Å². The van der Waals surface area contributed by atoms with Gasteiger partial charge in [-0.1, -0.05) is 47.8 Å². The van der Waals surface area contributed by atoms with Gasteiger partial charge < -0.3 is 4.74 Å². The first kappa shape index (κ1) is 17.1. The Morgan fingerprint density at radius 1 is 1.09 bits per heavy atom. The highest BCUT2D eigenvalue weighted by Crippen LogP contribution is 2.34. The summed E-state index contributed by atoms with van der Waals surface area (Å²) in [6, 6.07) is 9.16. The molecule has 0 aliphatic rings. The summed E-state index contributed by atoms with van der Waals surface area (Å²) in [6.07, 6.45) is 2.60. The molecule has 0 saturated carbocycles. The Morgan fingerprint density at radius 3 is 2.41 bits per heavy atom. The molecule has 2 aromatic rings. The molecule has 2 nitrogen and oxygen atoms in total.